The van der Waals surface area contributed by atoms with Crippen molar-refractivity contribution in [2.75, 3.05) is 5.75 Å². The molecular weight excluding hydrogens is 252 g/mol. The molecule has 0 aliphatic rings. The number of imidazole rings is 1. The minimum Gasteiger partial charge on any atom is -0.481 e. The summed E-state index contributed by atoms with van der Waals surface area (Å²) in [5.74, 6) is -0.139. The second kappa shape index (κ2) is 5.63. The van der Waals surface area contributed by atoms with Crippen LogP contribution in [0.25, 0.3) is 0 Å². The zero-order chi connectivity index (χ0) is 13.0. The third-order valence-electron chi connectivity index (χ3n) is 2.17. The van der Waals surface area contributed by atoms with E-state index in [-0.39, 0.29) is 5.75 Å². The lowest BCUT2D eigenvalue weighted by atomic mass is 10.4. The Morgan fingerprint density at radius 1 is 1.44 bits per heavy atom. The molecule has 7 heteroatoms. The molecule has 0 aliphatic carbocycles. The second-order valence-electron chi connectivity index (χ2n) is 3.62. The van der Waals surface area contributed by atoms with Crippen LogP contribution in [0, 0.1) is 6.92 Å². The Bertz CT molecular complexity index is 555. The molecule has 2 aromatic heterocycles. The van der Waals surface area contributed by atoms with E-state index in [4.69, 9.17) is 5.11 Å². The van der Waals surface area contributed by atoms with E-state index in [1.165, 1.54) is 11.8 Å². The molecule has 0 aliphatic heterocycles. The van der Waals surface area contributed by atoms with E-state index in [1.54, 1.807) is 12.4 Å². The third-order valence-corrected chi connectivity index (χ3v) is 3.16. The quantitative estimate of drug-likeness (QED) is 0.817. The smallest absolute Gasteiger partial charge is 0.313 e. The van der Waals surface area contributed by atoms with Crippen molar-refractivity contribution in [3.8, 4) is 0 Å². The van der Waals surface area contributed by atoms with Gasteiger partial charge < -0.3 is 9.67 Å². The molecule has 0 unspecified atom stereocenters. The van der Waals surface area contributed by atoms with Crippen LogP contribution in [-0.2, 0) is 11.3 Å². The Balaban J connectivity index is 2.10. The van der Waals surface area contributed by atoms with Gasteiger partial charge in [0.1, 0.15) is 5.82 Å². The molecule has 0 spiro atoms. The molecule has 94 valence electrons. The van der Waals surface area contributed by atoms with E-state index in [2.05, 4.69) is 15.0 Å². The van der Waals surface area contributed by atoms with Gasteiger partial charge in [-0.25, -0.2) is 15.0 Å². The summed E-state index contributed by atoms with van der Waals surface area (Å²) in [6, 6.07) is 1.83. The second-order valence-corrected chi connectivity index (χ2v) is 4.56. The Labute approximate surface area is 108 Å². The number of hydrogen-bond acceptors (Lipinski definition) is 5. The highest BCUT2D eigenvalue weighted by atomic mass is 32.2. The molecule has 0 saturated carbocycles. The van der Waals surface area contributed by atoms with Gasteiger partial charge in [0.2, 0.25) is 0 Å². The molecule has 0 saturated heterocycles. The fourth-order valence-corrected chi connectivity index (χ4v) is 2.13. The van der Waals surface area contributed by atoms with Crippen molar-refractivity contribution in [3.63, 3.8) is 0 Å². The summed E-state index contributed by atoms with van der Waals surface area (Å²) >= 11 is 1.19. The van der Waals surface area contributed by atoms with E-state index in [9.17, 15) is 4.79 Å². The average Bonchev–Trinajstić information content (AvgIpc) is 2.74. The molecule has 0 aromatic carbocycles. The van der Waals surface area contributed by atoms with Gasteiger partial charge in [0.05, 0.1) is 18.0 Å². The summed E-state index contributed by atoms with van der Waals surface area (Å²) in [6.45, 7) is 2.39. The summed E-state index contributed by atoms with van der Waals surface area (Å²) in [5.41, 5.74) is 0.873. The molecule has 2 aromatic rings. The molecule has 0 fully saturated rings. The fraction of sp³-hybridized carbons (Fsp3) is 0.273. The first-order chi connectivity index (χ1) is 8.65. The van der Waals surface area contributed by atoms with E-state index < -0.39 is 5.97 Å². The molecular formula is C11H12N4O2S. The van der Waals surface area contributed by atoms with Crippen molar-refractivity contribution >= 4 is 17.7 Å². The fourth-order valence-electron chi connectivity index (χ4n) is 1.45. The van der Waals surface area contributed by atoms with Gasteiger partial charge in [0.15, 0.2) is 5.16 Å². The normalized spacial score (nSPS) is 10.5. The van der Waals surface area contributed by atoms with Crippen molar-refractivity contribution in [1.82, 2.24) is 19.5 Å². The lowest BCUT2D eigenvalue weighted by molar-refractivity contribution is -0.133. The number of aromatic nitrogens is 4. The predicted molar refractivity (Wildman–Crippen MR) is 66.5 cm³/mol. The molecule has 18 heavy (non-hydrogen) atoms. The van der Waals surface area contributed by atoms with Crippen LogP contribution < -0.4 is 0 Å². The van der Waals surface area contributed by atoms with Gasteiger partial charge in [0.25, 0.3) is 0 Å². The van der Waals surface area contributed by atoms with Crippen molar-refractivity contribution < 1.29 is 9.90 Å². The topological polar surface area (TPSA) is 80.9 Å². The molecule has 2 heterocycles. The monoisotopic (exact) mass is 264 g/mol. The van der Waals surface area contributed by atoms with Gasteiger partial charge >= 0.3 is 5.97 Å². The Morgan fingerprint density at radius 2 is 2.28 bits per heavy atom. The first-order valence-electron chi connectivity index (χ1n) is 5.29. The van der Waals surface area contributed by atoms with Gasteiger partial charge in [-0.15, -0.1) is 0 Å². The first-order valence-corrected chi connectivity index (χ1v) is 6.28. The maximum Gasteiger partial charge on any atom is 0.313 e. The van der Waals surface area contributed by atoms with Gasteiger partial charge in [-0.2, -0.15) is 0 Å². The standard InChI is InChI=1S/C11H12N4O2S/c1-8-12-3-2-9(14-8)6-15-5-4-13-11(15)18-7-10(16)17/h2-5H,6-7H2,1H3,(H,16,17). The summed E-state index contributed by atoms with van der Waals surface area (Å²) in [7, 11) is 0. The highest BCUT2D eigenvalue weighted by Crippen LogP contribution is 2.16. The van der Waals surface area contributed by atoms with Gasteiger partial charge in [-0.1, -0.05) is 11.8 Å². The van der Waals surface area contributed by atoms with Gasteiger partial charge in [-0.05, 0) is 13.0 Å². The molecule has 0 radical (unpaired) electrons. The molecule has 2 rings (SSSR count). The number of aliphatic carboxylic acids is 1. The number of thioether (sulfide) groups is 1. The first kappa shape index (κ1) is 12.6. The molecule has 0 atom stereocenters. The van der Waals surface area contributed by atoms with E-state index in [0.29, 0.717) is 17.5 Å². The summed E-state index contributed by atoms with van der Waals surface area (Å²) in [6.07, 6.45) is 5.17. The Kier molecular flexibility index (Phi) is 3.93. The summed E-state index contributed by atoms with van der Waals surface area (Å²) < 4.78 is 1.87. The largest absolute Gasteiger partial charge is 0.481 e. The van der Waals surface area contributed by atoms with Crippen LogP contribution >= 0.6 is 11.8 Å². The van der Waals surface area contributed by atoms with Crippen LogP contribution in [0.3, 0.4) is 0 Å². The van der Waals surface area contributed by atoms with Crippen LogP contribution in [-0.4, -0.2) is 36.3 Å². The van der Waals surface area contributed by atoms with Gasteiger partial charge in [0, 0.05) is 18.6 Å². The molecule has 0 bridgehead atoms. The molecule has 6 nitrogen and oxygen atoms in total. The SMILES string of the molecule is Cc1nccc(Cn2ccnc2SCC(=O)O)n1. The molecule has 0 amide bonds. The number of hydrogen-bond donors (Lipinski definition) is 1. The lowest BCUT2D eigenvalue weighted by Gasteiger charge is -2.06. The Morgan fingerprint density at radius 3 is 3.00 bits per heavy atom. The Hall–Kier alpha value is -1.89. The lowest BCUT2D eigenvalue weighted by Crippen LogP contribution is -2.05. The van der Waals surface area contributed by atoms with Crippen molar-refractivity contribution in [2.24, 2.45) is 0 Å². The number of carbonyl (C=O) groups is 1. The minimum absolute atomic E-state index is 0.000184. The number of aryl methyl sites for hydroxylation is 1. The number of carboxylic acid groups (broad SMARTS) is 1. The number of rotatable bonds is 5. The minimum atomic E-state index is -0.854. The van der Waals surface area contributed by atoms with Crippen LogP contribution in [0.2, 0.25) is 0 Å². The van der Waals surface area contributed by atoms with Crippen LogP contribution in [0.5, 0.6) is 0 Å². The van der Waals surface area contributed by atoms with Gasteiger partial charge in [-0.3, -0.25) is 4.79 Å². The zero-order valence-electron chi connectivity index (χ0n) is 9.78. The van der Waals surface area contributed by atoms with Crippen molar-refractivity contribution in [2.45, 2.75) is 18.6 Å². The van der Waals surface area contributed by atoms with E-state index >= 15 is 0 Å². The number of nitrogens with zero attached hydrogens (tertiary/aromatic N) is 4. The number of carboxylic acids is 1. The predicted octanol–water partition coefficient (Wildman–Crippen LogP) is 1.21. The van der Waals surface area contributed by atoms with E-state index in [1.807, 2.05) is 23.8 Å². The van der Waals surface area contributed by atoms with E-state index in [0.717, 1.165) is 5.69 Å². The maximum atomic E-state index is 10.5. The molecule has 1 N–H and O–H groups in total. The highest BCUT2D eigenvalue weighted by molar-refractivity contribution is 7.99. The maximum absolute atomic E-state index is 10.5. The third kappa shape index (κ3) is 3.30. The average molecular weight is 264 g/mol. The van der Waals surface area contributed by atoms with Crippen molar-refractivity contribution in [3.05, 3.63) is 36.2 Å². The zero-order valence-corrected chi connectivity index (χ0v) is 10.6. The van der Waals surface area contributed by atoms with Crippen LogP contribution in [0.1, 0.15) is 11.5 Å². The van der Waals surface area contributed by atoms with Crippen LogP contribution in [0.4, 0.5) is 0 Å². The summed E-state index contributed by atoms with van der Waals surface area (Å²) in [4.78, 5) is 23.0. The van der Waals surface area contributed by atoms with Crippen molar-refractivity contribution in [1.29, 1.82) is 0 Å². The highest BCUT2D eigenvalue weighted by Gasteiger charge is 2.07. The van der Waals surface area contributed by atoms with Crippen LogP contribution in [0.15, 0.2) is 29.8 Å². The summed E-state index contributed by atoms with van der Waals surface area (Å²) in [5, 5.41) is 9.33.